The van der Waals surface area contributed by atoms with E-state index in [0.717, 1.165) is 27.4 Å². The van der Waals surface area contributed by atoms with Gasteiger partial charge in [0.2, 0.25) is 0 Å². The number of aromatic nitrogens is 4. The van der Waals surface area contributed by atoms with Crippen molar-refractivity contribution in [3.05, 3.63) is 36.3 Å². The van der Waals surface area contributed by atoms with E-state index in [9.17, 15) is 0 Å². The van der Waals surface area contributed by atoms with Crippen LogP contribution in [0.4, 0.5) is 5.13 Å². The molecule has 3 rings (SSSR count). The summed E-state index contributed by atoms with van der Waals surface area (Å²) in [4.78, 5) is 9.70. The lowest BCUT2D eigenvalue weighted by Gasteiger charge is -2.00. The van der Waals surface area contributed by atoms with Gasteiger partial charge in [-0.2, -0.15) is 5.10 Å². The molecule has 0 aliphatic rings. The molecule has 0 spiro atoms. The van der Waals surface area contributed by atoms with Gasteiger partial charge in [-0.1, -0.05) is 11.3 Å². The predicted molar refractivity (Wildman–Crippen MR) is 72.1 cm³/mol. The highest BCUT2D eigenvalue weighted by molar-refractivity contribution is 7.19. The normalized spacial score (nSPS) is 10.7. The number of nitrogen functional groups attached to an aromatic ring is 1. The van der Waals surface area contributed by atoms with Gasteiger partial charge in [-0.15, -0.1) is 0 Å². The van der Waals surface area contributed by atoms with Gasteiger partial charge in [0, 0.05) is 18.0 Å². The quantitative estimate of drug-likeness (QED) is 0.739. The van der Waals surface area contributed by atoms with Crippen LogP contribution in [0.2, 0.25) is 0 Å². The number of hydrogen-bond acceptors (Lipinski definition) is 5. The molecule has 5 nitrogen and oxygen atoms in total. The Morgan fingerprint density at radius 2 is 2.28 bits per heavy atom. The van der Waals surface area contributed by atoms with Gasteiger partial charge in [-0.05, 0) is 24.6 Å². The van der Waals surface area contributed by atoms with E-state index < -0.39 is 0 Å². The maximum absolute atomic E-state index is 5.81. The number of pyridine rings is 1. The number of thiazole rings is 1. The number of aromatic amines is 1. The Bertz CT molecular complexity index is 672. The minimum atomic E-state index is 0.532. The van der Waals surface area contributed by atoms with Crippen LogP contribution in [0.1, 0.15) is 5.56 Å². The summed E-state index contributed by atoms with van der Waals surface area (Å²) >= 11 is 1.44. The minimum Gasteiger partial charge on any atom is -0.375 e. The lowest BCUT2D eigenvalue weighted by Crippen LogP contribution is -1.85. The molecule has 3 aromatic rings. The Hall–Kier alpha value is -2.21. The van der Waals surface area contributed by atoms with E-state index in [1.807, 2.05) is 19.1 Å². The number of nitrogens with one attached hydrogen (secondary N) is 1. The van der Waals surface area contributed by atoms with Crippen molar-refractivity contribution < 1.29 is 0 Å². The second-order valence-corrected chi connectivity index (χ2v) is 4.97. The summed E-state index contributed by atoms with van der Waals surface area (Å²) in [6.45, 7) is 2.03. The zero-order chi connectivity index (χ0) is 12.5. The fourth-order valence-corrected chi connectivity index (χ4v) is 2.57. The van der Waals surface area contributed by atoms with Crippen molar-refractivity contribution in [3.8, 4) is 21.8 Å². The predicted octanol–water partition coefficient (Wildman–Crippen LogP) is 2.49. The molecule has 3 heterocycles. The molecule has 0 atom stereocenters. The van der Waals surface area contributed by atoms with Crippen molar-refractivity contribution in [1.29, 1.82) is 0 Å². The molecule has 0 fully saturated rings. The van der Waals surface area contributed by atoms with Crippen molar-refractivity contribution in [1.82, 2.24) is 20.2 Å². The van der Waals surface area contributed by atoms with Crippen LogP contribution >= 0.6 is 11.3 Å². The van der Waals surface area contributed by atoms with E-state index in [-0.39, 0.29) is 0 Å². The van der Waals surface area contributed by atoms with Crippen LogP contribution in [-0.4, -0.2) is 20.2 Å². The third-order valence-electron chi connectivity index (χ3n) is 2.56. The minimum absolute atomic E-state index is 0.532. The summed E-state index contributed by atoms with van der Waals surface area (Å²) in [6.07, 6.45) is 5.32. The van der Waals surface area contributed by atoms with Crippen LogP contribution in [0.25, 0.3) is 21.8 Å². The van der Waals surface area contributed by atoms with Crippen molar-refractivity contribution in [2.45, 2.75) is 6.92 Å². The van der Waals surface area contributed by atoms with E-state index in [1.54, 1.807) is 18.6 Å². The first-order valence-corrected chi connectivity index (χ1v) is 6.24. The highest BCUT2D eigenvalue weighted by Crippen LogP contribution is 2.36. The largest absolute Gasteiger partial charge is 0.375 e. The van der Waals surface area contributed by atoms with Gasteiger partial charge in [0.1, 0.15) is 0 Å². The molecular formula is C12H11N5S. The maximum atomic E-state index is 5.81. The molecule has 0 saturated carbocycles. The molecule has 0 saturated heterocycles. The summed E-state index contributed by atoms with van der Waals surface area (Å²) < 4.78 is 0. The molecule has 0 amide bonds. The number of hydrogen-bond donors (Lipinski definition) is 2. The van der Waals surface area contributed by atoms with Crippen LogP contribution in [0.3, 0.4) is 0 Å². The van der Waals surface area contributed by atoms with Crippen molar-refractivity contribution in [3.63, 3.8) is 0 Å². The number of rotatable bonds is 2. The van der Waals surface area contributed by atoms with Gasteiger partial charge in [-0.3, -0.25) is 10.1 Å². The third kappa shape index (κ3) is 1.86. The van der Waals surface area contributed by atoms with E-state index in [2.05, 4.69) is 20.2 Å². The Balaban J connectivity index is 2.18. The number of anilines is 1. The molecule has 6 heteroatoms. The Morgan fingerprint density at radius 3 is 3.00 bits per heavy atom. The van der Waals surface area contributed by atoms with Crippen LogP contribution in [-0.2, 0) is 0 Å². The van der Waals surface area contributed by atoms with Gasteiger partial charge < -0.3 is 5.73 Å². The molecule has 0 bridgehead atoms. The monoisotopic (exact) mass is 257 g/mol. The van der Waals surface area contributed by atoms with Crippen LogP contribution < -0.4 is 5.73 Å². The number of aryl methyl sites for hydroxylation is 1. The van der Waals surface area contributed by atoms with Gasteiger partial charge in [0.15, 0.2) is 5.13 Å². The lowest BCUT2D eigenvalue weighted by molar-refractivity contribution is 1.09. The standard InChI is InChI=1S/C12H11N5S/c1-7-2-3-14-9(4-7)11-10(17-12(13)18-11)8-5-15-16-6-8/h2-6H,1H3,(H2,13,17)(H,15,16). The van der Waals surface area contributed by atoms with E-state index in [1.165, 1.54) is 11.3 Å². The van der Waals surface area contributed by atoms with Gasteiger partial charge in [0.05, 0.1) is 22.5 Å². The SMILES string of the molecule is Cc1ccnc(-c2sc(N)nc2-c2cn[nH]c2)c1. The van der Waals surface area contributed by atoms with Crippen molar-refractivity contribution in [2.75, 3.05) is 5.73 Å². The molecule has 3 N–H and O–H groups in total. The molecule has 0 aliphatic carbocycles. The average Bonchev–Trinajstić information content (AvgIpc) is 2.97. The first kappa shape index (κ1) is 10.9. The van der Waals surface area contributed by atoms with Crippen LogP contribution in [0.5, 0.6) is 0 Å². The van der Waals surface area contributed by atoms with E-state index >= 15 is 0 Å². The summed E-state index contributed by atoms with van der Waals surface area (Å²) in [6, 6.07) is 3.99. The Morgan fingerprint density at radius 1 is 1.39 bits per heavy atom. The molecule has 3 aromatic heterocycles. The first-order chi connectivity index (χ1) is 8.74. The second kappa shape index (κ2) is 4.23. The highest BCUT2D eigenvalue weighted by Gasteiger charge is 2.15. The molecule has 0 radical (unpaired) electrons. The first-order valence-electron chi connectivity index (χ1n) is 5.42. The number of nitrogens with zero attached hydrogens (tertiary/aromatic N) is 3. The maximum Gasteiger partial charge on any atom is 0.181 e. The number of nitrogens with two attached hydrogens (primary N) is 1. The van der Waals surface area contributed by atoms with Gasteiger partial charge in [0.25, 0.3) is 0 Å². The van der Waals surface area contributed by atoms with Crippen molar-refractivity contribution >= 4 is 16.5 Å². The molecule has 90 valence electrons. The highest BCUT2D eigenvalue weighted by atomic mass is 32.1. The fraction of sp³-hybridized carbons (Fsp3) is 0.0833. The molecule has 0 aromatic carbocycles. The van der Waals surface area contributed by atoms with Gasteiger partial charge in [-0.25, -0.2) is 4.98 Å². The zero-order valence-corrected chi connectivity index (χ0v) is 10.5. The smallest absolute Gasteiger partial charge is 0.181 e. The zero-order valence-electron chi connectivity index (χ0n) is 9.71. The van der Waals surface area contributed by atoms with E-state index in [4.69, 9.17) is 5.73 Å². The Kier molecular flexibility index (Phi) is 2.56. The molecule has 18 heavy (non-hydrogen) atoms. The van der Waals surface area contributed by atoms with Crippen LogP contribution in [0, 0.1) is 6.92 Å². The van der Waals surface area contributed by atoms with Crippen molar-refractivity contribution in [2.24, 2.45) is 0 Å². The fourth-order valence-electron chi connectivity index (χ4n) is 1.75. The van der Waals surface area contributed by atoms with Gasteiger partial charge >= 0.3 is 0 Å². The summed E-state index contributed by atoms with van der Waals surface area (Å²) in [5.41, 5.74) is 9.60. The lowest BCUT2D eigenvalue weighted by atomic mass is 10.1. The number of H-pyrrole nitrogens is 1. The third-order valence-corrected chi connectivity index (χ3v) is 3.47. The summed E-state index contributed by atoms with van der Waals surface area (Å²) in [7, 11) is 0. The molecular weight excluding hydrogens is 246 g/mol. The average molecular weight is 257 g/mol. The topological polar surface area (TPSA) is 80.5 Å². The summed E-state index contributed by atoms with van der Waals surface area (Å²) in [5.74, 6) is 0. The second-order valence-electron chi connectivity index (χ2n) is 3.94. The molecule has 0 aliphatic heterocycles. The summed E-state index contributed by atoms with van der Waals surface area (Å²) in [5, 5.41) is 7.25. The molecule has 0 unspecified atom stereocenters. The van der Waals surface area contributed by atoms with E-state index in [0.29, 0.717) is 5.13 Å². The Labute approximate surface area is 108 Å². The van der Waals surface area contributed by atoms with Crippen LogP contribution in [0.15, 0.2) is 30.7 Å².